The third-order valence-electron chi connectivity index (χ3n) is 3.77. The van der Waals surface area contributed by atoms with E-state index >= 15 is 0 Å². The molecule has 2 rings (SSSR count). The lowest BCUT2D eigenvalue weighted by Gasteiger charge is -2.29. The highest BCUT2D eigenvalue weighted by Gasteiger charge is 2.13. The summed E-state index contributed by atoms with van der Waals surface area (Å²) in [5, 5.41) is 3.62. The Morgan fingerprint density at radius 3 is 2.68 bits per heavy atom. The zero-order chi connectivity index (χ0) is 13.7. The van der Waals surface area contributed by atoms with Crippen molar-refractivity contribution in [1.29, 1.82) is 0 Å². The summed E-state index contributed by atoms with van der Waals surface area (Å²) in [6, 6.07) is 7.19. The summed E-state index contributed by atoms with van der Waals surface area (Å²) in [4.78, 5) is 2.48. The molecule has 3 heteroatoms. The number of hydrogen-bond donors (Lipinski definition) is 1. The molecule has 0 radical (unpaired) electrons. The van der Waals surface area contributed by atoms with E-state index < -0.39 is 0 Å². The number of nitrogens with zero attached hydrogens (tertiary/aromatic N) is 1. The predicted molar refractivity (Wildman–Crippen MR) is 79.5 cm³/mol. The third-order valence-corrected chi connectivity index (χ3v) is 3.77. The molecule has 1 fully saturated rings. The van der Waals surface area contributed by atoms with Gasteiger partial charge in [-0.15, -0.1) is 0 Å². The van der Waals surface area contributed by atoms with Crippen molar-refractivity contribution in [3.05, 3.63) is 34.9 Å². The first kappa shape index (κ1) is 14.5. The van der Waals surface area contributed by atoms with Crippen LogP contribution in [0.1, 0.15) is 23.6 Å². The molecule has 0 saturated carbocycles. The molecule has 1 heterocycles. The molecule has 19 heavy (non-hydrogen) atoms. The maximum absolute atomic E-state index is 5.38. The summed E-state index contributed by atoms with van der Waals surface area (Å²) in [5.41, 5.74) is 4.12. The molecule has 1 aromatic carbocycles. The molecule has 1 unspecified atom stereocenters. The van der Waals surface area contributed by atoms with E-state index in [4.69, 9.17) is 4.74 Å². The number of rotatable bonds is 5. The molecule has 1 N–H and O–H groups in total. The molecule has 1 aliphatic rings. The van der Waals surface area contributed by atoms with E-state index in [9.17, 15) is 0 Å². The molecule has 0 amide bonds. The molecule has 106 valence electrons. The van der Waals surface area contributed by atoms with E-state index in [-0.39, 0.29) is 0 Å². The van der Waals surface area contributed by atoms with E-state index in [0.29, 0.717) is 6.04 Å². The smallest absolute Gasteiger partial charge is 0.0594 e. The number of morpholine rings is 1. The number of aryl methyl sites for hydroxylation is 2. The SMILES string of the molecule is Cc1ccc(CNC(C)CN2CCOCC2)c(C)c1. The first-order valence-electron chi connectivity index (χ1n) is 7.25. The van der Waals surface area contributed by atoms with Gasteiger partial charge in [-0.2, -0.15) is 0 Å². The van der Waals surface area contributed by atoms with E-state index in [1.165, 1.54) is 16.7 Å². The fourth-order valence-electron chi connectivity index (χ4n) is 2.56. The molecule has 1 aromatic rings. The van der Waals surface area contributed by atoms with Gasteiger partial charge in [-0.3, -0.25) is 4.90 Å². The van der Waals surface area contributed by atoms with Crippen molar-refractivity contribution in [3.63, 3.8) is 0 Å². The quantitative estimate of drug-likeness (QED) is 0.879. The Hall–Kier alpha value is -0.900. The second-order valence-electron chi connectivity index (χ2n) is 5.62. The summed E-state index contributed by atoms with van der Waals surface area (Å²) in [6.07, 6.45) is 0. The van der Waals surface area contributed by atoms with Gasteiger partial charge < -0.3 is 10.1 Å². The van der Waals surface area contributed by atoms with Gasteiger partial charge in [-0.05, 0) is 31.9 Å². The zero-order valence-electron chi connectivity index (χ0n) is 12.4. The molecule has 1 saturated heterocycles. The van der Waals surface area contributed by atoms with Crippen LogP contribution in [0.2, 0.25) is 0 Å². The largest absolute Gasteiger partial charge is 0.379 e. The second kappa shape index (κ2) is 7.04. The first-order valence-corrected chi connectivity index (χ1v) is 7.25. The summed E-state index contributed by atoms with van der Waals surface area (Å²) in [5.74, 6) is 0. The van der Waals surface area contributed by atoms with E-state index in [1.807, 2.05) is 0 Å². The normalized spacial score (nSPS) is 18.5. The van der Waals surface area contributed by atoms with Crippen molar-refractivity contribution in [2.75, 3.05) is 32.8 Å². The van der Waals surface area contributed by atoms with Crippen LogP contribution in [-0.4, -0.2) is 43.8 Å². The van der Waals surface area contributed by atoms with Gasteiger partial charge in [0.1, 0.15) is 0 Å². The van der Waals surface area contributed by atoms with Crippen LogP contribution in [0.3, 0.4) is 0 Å². The summed E-state index contributed by atoms with van der Waals surface area (Å²) in [7, 11) is 0. The van der Waals surface area contributed by atoms with Crippen LogP contribution >= 0.6 is 0 Å². The monoisotopic (exact) mass is 262 g/mol. The fourth-order valence-corrected chi connectivity index (χ4v) is 2.56. The van der Waals surface area contributed by atoms with Gasteiger partial charge in [0.05, 0.1) is 13.2 Å². The lowest BCUT2D eigenvalue weighted by Crippen LogP contribution is -2.44. The van der Waals surface area contributed by atoms with Crippen molar-refractivity contribution in [3.8, 4) is 0 Å². The molecule has 0 aromatic heterocycles. The summed E-state index contributed by atoms with van der Waals surface area (Å²) in [6.45, 7) is 12.5. The van der Waals surface area contributed by atoms with Gasteiger partial charge in [0.2, 0.25) is 0 Å². The standard InChI is InChI=1S/C16H26N2O/c1-13-4-5-16(14(2)10-13)11-17-15(3)12-18-6-8-19-9-7-18/h4-5,10,15,17H,6-9,11-12H2,1-3H3. The van der Waals surface area contributed by atoms with Crippen LogP contribution in [0.4, 0.5) is 0 Å². The van der Waals surface area contributed by atoms with Gasteiger partial charge in [0.15, 0.2) is 0 Å². The highest BCUT2D eigenvalue weighted by Crippen LogP contribution is 2.10. The Bertz CT molecular complexity index is 400. The van der Waals surface area contributed by atoms with E-state index in [1.54, 1.807) is 0 Å². The number of benzene rings is 1. The highest BCUT2D eigenvalue weighted by molar-refractivity contribution is 5.30. The van der Waals surface area contributed by atoms with Crippen LogP contribution in [0.5, 0.6) is 0 Å². The van der Waals surface area contributed by atoms with Crippen LogP contribution in [0.15, 0.2) is 18.2 Å². The minimum Gasteiger partial charge on any atom is -0.379 e. The van der Waals surface area contributed by atoms with Crippen molar-refractivity contribution >= 4 is 0 Å². The first-order chi connectivity index (χ1) is 9.15. The molecule has 3 nitrogen and oxygen atoms in total. The van der Waals surface area contributed by atoms with Gasteiger partial charge in [-0.25, -0.2) is 0 Å². The van der Waals surface area contributed by atoms with Crippen molar-refractivity contribution < 1.29 is 4.74 Å². The minimum atomic E-state index is 0.513. The van der Waals surface area contributed by atoms with Gasteiger partial charge in [0, 0.05) is 32.2 Å². The average Bonchev–Trinajstić information content (AvgIpc) is 2.39. The number of nitrogens with one attached hydrogen (secondary N) is 1. The van der Waals surface area contributed by atoms with Crippen LogP contribution in [0.25, 0.3) is 0 Å². The van der Waals surface area contributed by atoms with Crippen molar-refractivity contribution in [1.82, 2.24) is 10.2 Å². The second-order valence-corrected chi connectivity index (χ2v) is 5.62. The molecule has 1 aliphatic heterocycles. The highest BCUT2D eigenvalue weighted by atomic mass is 16.5. The predicted octanol–water partition coefficient (Wildman–Crippen LogP) is 2.11. The third kappa shape index (κ3) is 4.60. The molecular weight excluding hydrogens is 236 g/mol. The number of ether oxygens (including phenoxy) is 1. The van der Waals surface area contributed by atoms with Crippen molar-refractivity contribution in [2.24, 2.45) is 0 Å². The van der Waals surface area contributed by atoms with Gasteiger partial charge in [-0.1, -0.05) is 23.8 Å². The van der Waals surface area contributed by atoms with Crippen LogP contribution < -0.4 is 5.32 Å². The lowest BCUT2D eigenvalue weighted by atomic mass is 10.1. The molecule has 0 spiro atoms. The summed E-state index contributed by atoms with van der Waals surface area (Å²) >= 11 is 0. The average molecular weight is 262 g/mol. The van der Waals surface area contributed by atoms with Crippen molar-refractivity contribution in [2.45, 2.75) is 33.4 Å². The Kier molecular flexibility index (Phi) is 5.37. The molecular formula is C16H26N2O. The number of hydrogen-bond acceptors (Lipinski definition) is 3. The summed E-state index contributed by atoms with van der Waals surface area (Å²) < 4.78 is 5.38. The molecule has 0 bridgehead atoms. The molecule has 0 aliphatic carbocycles. The van der Waals surface area contributed by atoms with Gasteiger partial charge in [0.25, 0.3) is 0 Å². The Morgan fingerprint density at radius 1 is 1.26 bits per heavy atom. The van der Waals surface area contributed by atoms with E-state index in [2.05, 4.69) is 49.2 Å². The maximum atomic E-state index is 5.38. The minimum absolute atomic E-state index is 0.513. The Morgan fingerprint density at radius 2 is 2.00 bits per heavy atom. The fraction of sp³-hybridized carbons (Fsp3) is 0.625. The van der Waals surface area contributed by atoms with E-state index in [0.717, 1.165) is 39.4 Å². The van der Waals surface area contributed by atoms with Crippen LogP contribution in [0, 0.1) is 13.8 Å². The maximum Gasteiger partial charge on any atom is 0.0594 e. The topological polar surface area (TPSA) is 24.5 Å². The Labute approximate surface area is 116 Å². The lowest BCUT2D eigenvalue weighted by molar-refractivity contribution is 0.0343. The van der Waals surface area contributed by atoms with Gasteiger partial charge >= 0.3 is 0 Å². The molecule has 1 atom stereocenters. The zero-order valence-corrected chi connectivity index (χ0v) is 12.4. The Balaban J connectivity index is 1.77. The van der Waals surface area contributed by atoms with Crippen LogP contribution in [-0.2, 0) is 11.3 Å².